The lowest BCUT2D eigenvalue weighted by atomic mass is 10.1. The molecule has 29 heavy (non-hydrogen) atoms. The number of alkyl halides is 2. The van der Waals surface area contributed by atoms with Crippen molar-refractivity contribution < 1.29 is 23.4 Å². The Balaban J connectivity index is 1.83. The van der Waals surface area contributed by atoms with E-state index in [0.717, 1.165) is 0 Å². The van der Waals surface area contributed by atoms with Crippen LogP contribution in [0.25, 0.3) is 0 Å². The third kappa shape index (κ3) is 8.08. The van der Waals surface area contributed by atoms with Gasteiger partial charge in [0.05, 0.1) is 19.2 Å². The summed E-state index contributed by atoms with van der Waals surface area (Å²) in [5.74, 6) is 0.884. The van der Waals surface area contributed by atoms with Gasteiger partial charge in [0.25, 0.3) is 0 Å². The van der Waals surface area contributed by atoms with Crippen molar-refractivity contribution in [2.24, 2.45) is 4.99 Å². The molecule has 0 aliphatic carbocycles. The molecule has 2 aromatic rings. The van der Waals surface area contributed by atoms with Crippen molar-refractivity contribution in [3.05, 3.63) is 53.2 Å². The zero-order chi connectivity index (χ0) is 21.1. The molecule has 0 saturated heterocycles. The summed E-state index contributed by atoms with van der Waals surface area (Å²) in [4.78, 5) is 8.35. The highest BCUT2D eigenvalue weighted by atomic mass is 35.5. The first-order chi connectivity index (χ1) is 14.0. The standard InChI is InChI=1S/C19H23ClF2N4O3/c1-2-23-19(25-10-11-28-17-15(20)4-3-9-24-17)26-12-16(27)13-5-7-14(8-6-13)29-18(21)22/h3-9,16,18,27H,2,10-12H2,1H3,(H2,23,25,26). The molecular weight excluding hydrogens is 406 g/mol. The predicted molar refractivity (Wildman–Crippen MR) is 107 cm³/mol. The van der Waals surface area contributed by atoms with Gasteiger partial charge in [0.15, 0.2) is 5.96 Å². The molecule has 0 saturated carbocycles. The van der Waals surface area contributed by atoms with Gasteiger partial charge in [-0.05, 0) is 36.8 Å². The van der Waals surface area contributed by atoms with Crippen molar-refractivity contribution in [1.82, 2.24) is 15.6 Å². The zero-order valence-electron chi connectivity index (χ0n) is 15.8. The zero-order valence-corrected chi connectivity index (χ0v) is 16.6. The summed E-state index contributed by atoms with van der Waals surface area (Å²) in [6.07, 6.45) is 0.697. The lowest BCUT2D eigenvalue weighted by Gasteiger charge is -2.14. The second-order valence-electron chi connectivity index (χ2n) is 5.75. The van der Waals surface area contributed by atoms with E-state index in [1.54, 1.807) is 18.3 Å². The predicted octanol–water partition coefficient (Wildman–Crippen LogP) is 3.00. The molecule has 10 heteroatoms. The molecule has 1 atom stereocenters. The Morgan fingerprint density at radius 1 is 1.24 bits per heavy atom. The minimum Gasteiger partial charge on any atom is -0.475 e. The van der Waals surface area contributed by atoms with Crippen LogP contribution in [0.3, 0.4) is 0 Å². The number of halogens is 3. The van der Waals surface area contributed by atoms with E-state index in [1.165, 1.54) is 24.3 Å². The van der Waals surface area contributed by atoms with Crippen molar-refractivity contribution in [3.8, 4) is 11.6 Å². The van der Waals surface area contributed by atoms with Gasteiger partial charge in [0, 0.05) is 12.7 Å². The number of nitrogens with zero attached hydrogens (tertiary/aromatic N) is 2. The molecule has 1 unspecified atom stereocenters. The molecule has 7 nitrogen and oxygen atoms in total. The van der Waals surface area contributed by atoms with E-state index in [0.29, 0.717) is 42.1 Å². The van der Waals surface area contributed by atoms with Crippen LogP contribution >= 0.6 is 11.6 Å². The summed E-state index contributed by atoms with van der Waals surface area (Å²) in [7, 11) is 0. The Labute approximate surface area is 172 Å². The first-order valence-electron chi connectivity index (χ1n) is 8.98. The largest absolute Gasteiger partial charge is 0.475 e. The molecule has 1 heterocycles. The highest BCUT2D eigenvalue weighted by Gasteiger charge is 2.10. The van der Waals surface area contributed by atoms with Crippen LogP contribution in [0, 0.1) is 0 Å². The average molecular weight is 429 g/mol. The van der Waals surface area contributed by atoms with Gasteiger partial charge in [-0.15, -0.1) is 0 Å². The Morgan fingerprint density at radius 3 is 2.66 bits per heavy atom. The van der Waals surface area contributed by atoms with E-state index >= 15 is 0 Å². The summed E-state index contributed by atoms with van der Waals surface area (Å²) in [5.41, 5.74) is 0.541. The number of aliphatic hydroxyl groups is 1. The minimum atomic E-state index is -2.89. The minimum absolute atomic E-state index is 0.0301. The normalized spacial score (nSPS) is 12.6. The Kier molecular flexibility index (Phi) is 9.39. The number of nitrogens with one attached hydrogen (secondary N) is 2. The smallest absolute Gasteiger partial charge is 0.387 e. The number of benzene rings is 1. The van der Waals surface area contributed by atoms with Gasteiger partial charge in [-0.2, -0.15) is 8.78 Å². The van der Waals surface area contributed by atoms with Crippen LogP contribution in [0.15, 0.2) is 47.6 Å². The maximum absolute atomic E-state index is 12.2. The fourth-order valence-electron chi connectivity index (χ4n) is 2.29. The van der Waals surface area contributed by atoms with Crippen molar-refractivity contribution in [3.63, 3.8) is 0 Å². The van der Waals surface area contributed by atoms with Crippen molar-refractivity contribution >= 4 is 17.6 Å². The van der Waals surface area contributed by atoms with Gasteiger partial charge in [0.1, 0.15) is 17.4 Å². The van der Waals surface area contributed by atoms with E-state index in [4.69, 9.17) is 16.3 Å². The summed E-state index contributed by atoms with van der Waals surface area (Å²) in [5, 5.41) is 16.8. The number of aromatic nitrogens is 1. The molecule has 1 aromatic carbocycles. The van der Waals surface area contributed by atoms with Crippen LogP contribution in [-0.4, -0.2) is 48.9 Å². The number of aliphatic imine (C=N–C) groups is 1. The Hall–Kier alpha value is -2.65. The monoisotopic (exact) mass is 428 g/mol. The van der Waals surface area contributed by atoms with Crippen molar-refractivity contribution in [1.29, 1.82) is 0 Å². The Bertz CT molecular complexity index is 778. The van der Waals surface area contributed by atoms with Crippen LogP contribution in [0.4, 0.5) is 8.78 Å². The fraction of sp³-hybridized carbons (Fsp3) is 0.368. The maximum Gasteiger partial charge on any atom is 0.387 e. The second-order valence-corrected chi connectivity index (χ2v) is 6.16. The first-order valence-corrected chi connectivity index (χ1v) is 9.35. The number of aliphatic hydroxyl groups excluding tert-OH is 1. The van der Waals surface area contributed by atoms with E-state index in [2.05, 4.69) is 25.3 Å². The molecule has 3 N–H and O–H groups in total. The molecule has 158 valence electrons. The van der Waals surface area contributed by atoms with Crippen molar-refractivity contribution in [2.45, 2.75) is 19.6 Å². The topological polar surface area (TPSA) is 88.0 Å². The molecule has 0 amide bonds. The van der Waals surface area contributed by atoms with Gasteiger partial charge in [-0.25, -0.2) is 4.98 Å². The van der Waals surface area contributed by atoms with E-state index in [1.807, 2.05) is 6.92 Å². The number of ether oxygens (including phenoxy) is 2. The van der Waals surface area contributed by atoms with Gasteiger partial charge in [-0.3, -0.25) is 4.99 Å². The quantitative estimate of drug-likeness (QED) is 0.306. The second kappa shape index (κ2) is 12.0. The average Bonchev–Trinajstić information content (AvgIpc) is 2.70. The molecule has 2 rings (SSSR count). The lowest BCUT2D eigenvalue weighted by molar-refractivity contribution is -0.0498. The molecular formula is C19H23ClF2N4O3. The number of guanidine groups is 1. The number of pyridine rings is 1. The molecule has 0 aliphatic rings. The summed E-state index contributed by atoms with van der Waals surface area (Å²) < 4.78 is 34.1. The van der Waals surface area contributed by atoms with E-state index in [9.17, 15) is 13.9 Å². The maximum atomic E-state index is 12.2. The third-order valence-corrected chi connectivity index (χ3v) is 3.90. The van der Waals surface area contributed by atoms with Gasteiger partial charge < -0.3 is 25.2 Å². The summed E-state index contributed by atoms with van der Waals surface area (Å²) in [6, 6.07) is 9.19. The summed E-state index contributed by atoms with van der Waals surface area (Å²) >= 11 is 5.98. The van der Waals surface area contributed by atoms with Crippen molar-refractivity contribution in [2.75, 3.05) is 26.2 Å². The van der Waals surface area contributed by atoms with Crippen LogP contribution < -0.4 is 20.1 Å². The Morgan fingerprint density at radius 2 is 2.00 bits per heavy atom. The fourth-order valence-corrected chi connectivity index (χ4v) is 2.47. The first kappa shape index (κ1) is 22.6. The number of hydrogen-bond donors (Lipinski definition) is 3. The SMILES string of the molecule is CCNC(=NCC(O)c1ccc(OC(F)F)cc1)NCCOc1ncccc1Cl. The highest BCUT2D eigenvalue weighted by molar-refractivity contribution is 6.31. The molecule has 0 radical (unpaired) electrons. The van der Waals surface area contributed by atoms with Gasteiger partial charge >= 0.3 is 6.61 Å². The molecule has 0 spiro atoms. The molecule has 0 bridgehead atoms. The number of hydrogen-bond acceptors (Lipinski definition) is 5. The number of rotatable bonds is 10. The van der Waals surface area contributed by atoms with Crippen LogP contribution in [0.5, 0.6) is 11.6 Å². The van der Waals surface area contributed by atoms with E-state index < -0.39 is 12.7 Å². The van der Waals surface area contributed by atoms with Crippen LogP contribution in [0.1, 0.15) is 18.6 Å². The molecule has 0 fully saturated rings. The van der Waals surface area contributed by atoms with Gasteiger partial charge in [0.2, 0.25) is 5.88 Å². The molecule has 0 aliphatic heterocycles. The van der Waals surface area contributed by atoms with Gasteiger partial charge in [-0.1, -0.05) is 23.7 Å². The summed E-state index contributed by atoms with van der Waals surface area (Å²) in [6.45, 7) is 0.497. The van der Waals surface area contributed by atoms with Crippen LogP contribution in [0.2, 0.25) is 5.02 Å². The van der Waals surface area contributed by atoms with Crippen LogP contribution in [-0.2, 0) is 0 Å². The highest BCUT2D eigenvalue weighted by Crippen LogP contribution is 2.20. The molecule has 1 aromatic heterocycles. The third-order valence-electron chi connectivity index (χ3n) is 3.61. The lowest BCUT2D eigenvalue weighted by Crippen LogP contribution is -2.39. The van der Waals surface area contributed by atoms with E-state index in [-0.39, 0.29) is 12.3 Å².